The van der Waals surface area contributed by atoms with Gasteiger partial charge in [0.1, 0.15) is 0 Å². The maximum Gasteiger partial charge on any atom is 0.244 e. The molecule has 1 aromatic heterocycles. The van der Waals surface area contributed by atoms with E-state index in [2.05, 4.69) is 19.2 Å². The molecule has 0 aromatic carbocycles. The first-order valence-electron chi connectivity index (χ1n) is 6.31. The molecule has 0 atom stereocenters. The van der Waals surface area contributed by atoms with Crippen LogP contribution in [0.5, 0.6) is 0 Å². The van der Waals surface area contributed by atoms with E-state index in [1.807, 2.05) is 5.38 Å². The average molecular weight is 288 g/mol. The van der Waals surface area contributed by atoms with Gasteiger partial charge in [0.05, 0.1) is 4.90 Å². The first-order chi connectivity index (χ1) is 8.51. The van der Waals surface area contributed by atoms with Crippen LogP contribution in [0.25, 0.3) is 0 Å². The fourth-order valence-corrected chi connectivity index (χ4v) is 4.93. The van der Waals surface area contributed by atoms with Gasteiger partial charge in [0, 0.05) is 30.6 Å². The van der Waals surface area contributed by atoms with Gasteiger partial charge < -0.3 is 5.32 Å². The number of sulfonamides is 1. The van der Waals surface area contributed by atoms with Gasteiger partial charge >= 0.3 is 0 Å². The van der Waals surface area contributed by atoms with Crippen LogP contribution in [0.15, 0.2) is 16.3 Å². The van der Waals surface area contributed by atoms with Crippen molar-refractivity contribution >= 4 is 21.4 Å². The quantitative estimate of drug-likeness (QED) is 0.902. The third-order valence-electron chi connectivity index (χ3n) is 3.06. The Kier molecular flexibility index (Phi) is 4.42. The maximum absolute atomic E-state index is 12.5. The van der Waals surface area contributed by atoms with Gasteiger partial charge in [-0.25, -0.2) is 8.42 Å². The maximum atomic E-state index is 12.5. The summed E-state index contributed by atoms with van der Waals surface area (Å²) < 4.78 is 26.5. The summed E-state index contributed by atoms with van der Waals surface area (Å²) in [7, 11) is -3.27. The molecule has 1 aromatic rings. The van der Waals surface area contributed by atoms with Crippen LogP contribution >= 0.6 is 11.3 Å². The number of nitrogens with zero attached hydrogens (tertiary/aromatic N) is 1. The van der Waals surface area contributed by atoms with Gasteiger partial charge in [-0.3, -0.25) is 0 Å². The van der Waals surface area contributed by atoms with Crippen LogP contribution in [0, 0.1) is 0 Å². The van der Waals surface area contributed by atoms with Crippen molar-refractivity contribution in [1.82, 2.24) is 9.62 Å². The van der Waals surface area contributed by atoms with Crippen LogP contribution in [0.4, 0.5) is 0 Å². The Morgan fingerprint density at radius 1 is 1.39 bits per heavy atom. The molecule has 1 aliphatic rings. The lowest BCUT2D eigenvalue weighted by Crippen LogP contribution is -2.29. The van der Waals surface area contributed by atoms with Crippen molar-refractivity contribution in [1.29, 1.82) is 0 Å². The topological polar surface area (TPSA) is 49.4 Å². The minimum Gasteiger partial charge on any atom is -0.310 e. The molecule has 0 aliphatic carbocycles. The molecule has 0 spiro atoms. The predicted molar refractivity (Wildman–Crippen MR) is 74.3 cm³/mol. The summed E-state index contributed by atoms with van der Waals surface area (Å²) >= 11 is 1.51. The Bertz CT molecular complexity index is 488. The van der Waals surface area contributed by atoms with Crippen molar-refractivity contribution in [2.24, 2.45) is 0 Å². The molecule has 1 aliphatic heterocycles. The van der Waals surface area contributed by atoms with Gasteiger partial charge in [-0.05, 0) is 24.3 Å². The molecule has 0 saturated carbocycles. The molecule has 0 unspecified atom stereocenters. The summed E-state index contributed by atoms with van der Waals surface area (Å²) in [4.78, 5) is 1.40. The Morgan fingerprint density at radius 2 is 2.06 bits per heavy atom. The zero-order valence-corrected chi connectivity index (χ0v) is 12.5. The summed E-state index contributed by atoms with van der Waals surface area (Å²) in [5.74, 6) is 0. The van der Waals surface area contributed by atoms with Crippen LogP contribution in [0.2, 0.25) is 0 Å². The number of hydrogen-bond donors (Lipinski definition) is 1. The highest BCUT2D eigenvalue weighted by Crippen LogP contribution is 2.27. The number of rotatable bonds is 5. The van der Waals surface area contributed by atoms with E-state index < -0.39 is 10.0 Å². The third kappa shape index (κ3) is 2.93. The van der Waals surface area contributed by atoms with Crippen molar-refractivity contribution in [3.63, 3.8) is 0 Å². The summed E-state index contributed by atoms with van der Waals surface area (Å²) in [6.07, 6.45) is 1.95. The average Bonchev–Trinajstić information content (AvgIpc) is 2.97. The standard InChI is InChI=1S/C12H20N2O2S2/c1-10(2)13-9-11-12(5-8-17-11)18(15,16)14-6-3-4-7-14/h5,8,10,13H,3-4,6-7,9H2,1-2H3. The fourth-order valence-electron chi connectivity index (χ4n) is 2.05. The molecule has 2 rings (SSSR count). The van der Waals surface area contributed by atoms with Gasteiger partial charge in [0.25, 0.3) is 0 Å². The molecule has 4 nitrogen and oxygen atoms in total. The predicted octanol–water partition coefficient (Wildman–Crippen LogP) is 2.03. The molecule has 0 radical (unpaired) electrons. The molecular weight excluding hydrogens is 268 g/mol. The minimum atomic E-state index is -3.27. The summed E-state index contributed by atoms with van der Waals surface area (Å²) in [6, 6.07) is 2.09. The molecular formula is C12H20N2O2S2. The molecule has 18 heavy (non-hydrogen) atoms. The lowest BCUT2D eigenvalue weighted by Gasteiger charge is -2.16. The van der Waals surface area contributed by atoms with Crippen molar-refractivity contribution in [2.75, 3.05) is 13.1 Å². The zero-order chi connectivity index (χ0) is 13.2. The second-order valence-corrected chi connectivity index (χ2v) is 7.76. The molecule has 1 saturated heterocycles. The lowest BCUT2D eigenvalue weighted by atomic mass is 10.4. The second kappa shape index (κ2) is 5.69. The summed E-state index contributed by atoms with van der Waals surface area (Å²) in [6.45, 7) is 6.06. The van der Waals surface area contributed by atoms with Crippen LogP contribution < -0.4 is 5.32 Å². The number of hydrogen-bond acceptors (Lipinski definition) is 4. The third-order valence-corrected chi connectivity index (χ3v) is 6.09. The Labute approximate surface area is 113 Å². The molecule has 1 fully saturated rings. The first-order valence-corrected chi connectivity index (χ1v) is 8.63. The highest BCUT2D eigenvalue weighted by atomic mass is 32.2. The largest absolute Gasteiger partial charge is 0.310 e. The molecule has 0 bridgehead atoms. The van der Waals surface area contributed by atoms with Crippen LogP contribution in [0.1, 0.15) is 31.6 Å². The first kappa shape index (κ1) is 14.0. The van der Waals surface area contributed by atoms with Gasteiger partial charge in [0.2, 0.25) is 10.0 Å². The van der Waals surface area contributed by atoms with Gasteiger partial charge in [0.15, 0.2) is 0 Å². The smallest absolute Gasteiger partial charge is 0.244 e. The van der Waals surface area contributed by atoms with E-state index in [0.29, 0.717) is 30.6 Å². The number of nitrogens with one attached hydrogen (secondary N) is 1. The summed E-state index contributed by atoms with van der Waals surface area (Å²) in [5, 5.41) is 5.14. The lowest BCUT2D eigenvalue weighted by molar-refractivity contribution is 0.476. The molecule has 102 valence electrons. The van der Waals surface area contributed by atoms with Crippen LogP contribution in [-0.2, 0) is 16.6 Å². The van der Waals surface area contributed by atoms with Gasteiger partial charge in [-0.2, -0.15) is 4.31 Å². The van der Waals surface area contributed by atoms with Crippen molar-refractivity contribution in [2.45, 2.75) is 44.2 Å². The van der Waals surface area contributed by atoms with Crippen LogP contribution in [-0.4, -0.2) is 31.9 Å². The van der Waals surface area contributed by atoms with Crippen molar-refractivity contribution in [3.8, 4) is 0 Å². The van der Waals surface area contributed by atoms with E-state index in [9.17, 15) is 8.42 Å². The Morgan fingerprint density at radius 3 is 2.67 bits per heavy atom. The normalized spacial score (nSPS) is 17.7. The van der Waals surface area contributed by atoms with Crippen molar-refractivity contribution in [3.05, 3.63) is 16.3 Å². The van der Waals surface area contributed by atoms with Gasteiger partial charge in [-0.1, -0.05) is 13.8 Å². The summed E-state index contributed by atoms with van der Waals surface area (Å²) in [5.41, 5.74) is 0. The van der Waals surface area contributed by atoms with E-state index in [1.54, 1.807) is 10.4 Å². The Hall–Kier alpha value is -0.430. The molecule has 1 N–H and O–H groups in total. The molecule has 6 heteroatoms. The monoisotopic (exact) mass is 288 g/mol. The van der Waals surface area contributed by atoms with E-state index in [0.717, 1.165) is 17.7 Å². The zero-order valence-electron chi connectivity index (χ0n) is 10.8. The Balaban J connectivity index is 2.19. The fraction of sp³-hybridized carbons (Fsp3) is 0.667. The van der Waals surface area contributed by atoms with E-state index in [1.165, 1.54) is 11.3 Å². The van der Waals surface area contributed by atoms with E-state index >= 15 is 0 Å². The van der Waals surface area contributed by atoms with E-state index in [4.69, 9.17) is 0 Å². The van der Waals surface area contributed by atoms with Gasteiger partial charge in [-0.15, -0.1) is 11.3 Å². The molecule has 2 heterocycles. The highest BCUT2D eigenvalue weighted by molar-refractivity contribution is 7.89. The molecule has 0 amide bonds. The van der Waals surface area contributed by atoms with E-state index in [-0.39, 0.29) is 0 Å². The van der Waals surface area contributed by atoms with Crippen LogP contribution in [0.3, 0.4) is 0 Å². The SMILES string of the molecule is CC(C)NCc1sccc1S(=O)(=O)N1CCCC1. The van der Waals surface area contributed by atoms with Crippen molar-refractivity contribution < 1.29 is 8.42 Å². The highest BCUT2D eigenvalue weighted by Gasteiger charge is 2.29. The second-order valence-electron chi connectivity index (χ2n) is 4.85. The minimum absolute atomic E-state index is 0.356. The number of thiophene rings is 1.